The molecule has 1 aliphatic heterocycles. The first-order valence-corrected chi connectivity index (χ1v) is 4.52. The molecule has 1 unspecified atom stereocenters. The van der Waals surface area contributed by atoms with Gasteiger partial charge in [0.25, 0.3) is 0 Å². The summed E-state index contributed by atoms with van der Waals surface area (Å²) in [6.07, 6.45) is 2.25. The van der Waals surface area contributed by atoms with Gasteiger partial charge in [-0.25, -0.2) is 0 Å². The Bertz CT molecular complexity index is 175. The van der Waals surface area contributed by atoms with Crippen LogP contribution in [0.5, 0.6) is 0 Å². The Hall–Kier alpha value is -0.650. The zero-order chi connectivity index (χ0) is 9.68. The highest BCUT2D eigenvalue weighted by atomic mass is 16.6. The van der Waals surface area contributed by atoms with Crippen molar-refractivity contribution in [1.29, 1.82) is 0 Å². The van der Waals surface area contributed by atoms with Gasteiger partial charge in [0.1, 0.15) is 6.61 Å². The summed E-state index contributed by atoms with van der Waals surface area (Å²) in [4.78, 5) is 17.5. The number of carbonyl (C=O) groups excluding carboxylic acids is 1. The molecule has 0 radical (unpaired) electrons. The quantitative estimate of drug-likeness (QED) is 0.559. The number of nitrogens with zero attached hydrogens (tertiary/aromatic N) is 1. The Kier molecular flexibility index (Phi) is 4.14. The summed E-state index contributed by atoms with van der Waals surface area (Å²) in [6.45, 7) is 2.03. The third kappa shape index (κ3) is 4.21. The second-order valence-corrected chi connectivity index (χ2v) is 3.47. The standard InChI is InChI=1S/C8H17N3O2/c1-11-4-2-3-7(5-11)10-13-6-8(9)12/h7,10H,2-6H2,1H3,(H2,9,12). The van der Waals surface area contributed by atoms with Crippen molar-refractivity contribution in [2.75, 3.05) is 26.7 Å². The van der Waals surface area contributed by atoms with E-state index in [1.165, 1.54) is 0 Å². The van der Waals surface area contributed by atoms with Crippen molar-refractivity contribution in [3.05, 3.63) is 0 Å². The molecule has 76 valence electrons. The fourth-order valence-electron chi connectivity index (χ4n) is 1.49. The predicted molar refractivity (Wildman–Crippen MR) is 48.8 cm³/mol. The molecule has 5 heteroatoms. The molecule has 0 aromatic rings. The van der Waals surface area contributed by atoms with E-state index in [1.54, 1.807) is 0 Å². The number of amides is 1. The Morgan fingerprint density at radius 3 is 3.15 bits per heavy atom. The van der Waals surface area contributed by atoms with Crippen LogP contribution in [0, 0.1) is 0 Å². The molecule has 1 fully saturated rings. The van der Waals surface area contributed by atoms with Crippen LogP contribution in [0.1, 0.15) is 12.8 Å². The van der Waals surface area contributed by atoms with Gasteiger partial charge in [0.2, 0.25) is 5.91 Å². The number of primary amides is 1. The SMILES string of the molecule is CN1CCCC(NOCC(N)=O)C1. The maximum atomic E-state index is 10.4. The van der Waals surface area contributed by atoms with E-state index >= 15 is 0 Å². The van der Waals surface area contributed by atoms with E-state index in [-0.39, 0.29) is 6.61 Å². The van der Waals surface area contributed by atoms with Gasteiger partial charge in [-0.3, -0.25) is 9.63 Å². The summed E-state index contributed by atoms with van der Waals surface area (Å²) >= 11 is 0. The van der Waals surface area contributed by atoms with Crippen molar-refractivity contribution in [2.45, 2.75) is 18.9 Å². The largest absolute Gasteiger partial charge is 0.368 e. The van der Waals surface area contributed by atoms with Gasteiger partial charge in [0.05, 0.1) is 0 Å². The normalized spacial score (nSPS) is 24.5. The van der Waals surface area contributed by atoms with Gasteiger partial charge in [0.15, 0.2) is 0 Å². The Balaban J connectivity index is 2.10. The molecule has 1 saturated heterocycles. The van der Waals surface area contributed by atoms with Gasteiger partial charge in [0, 0.05) is 12.6 Å². The maximum Gasteiger partial charge on any atom is 0.245 e. The number of carbonyl (C=O) groups is 1. The van der Waals surface area contributed by atoms with E-state index in [1.807, 2.05) is 0 Å². The van der Waals surface area contributed by atoms with Gasteiger partial charge < -0.3 is 10.6 Å². The summed E-state index contributed by atoms with van der Waals surface area (Å²) in [5.41, 5.74) is 7.76. The predicted octanol–water partition coefficient (Wildman–Crippen LogP) is -0.913. The molecule has 0 aromatic carbocycles. The van der Waals surface area contributed by atoms with Crippen LogP contribution in [0.4, 0.5) is 0 Å². The van der Waals surface area contributed by atoms with Crippen molar-refractivity contribution >= 4 is 5.91 Å². The summed E-state index contributed by atoms with van der Waals surface area (Å²) in [5, 5.41) is 0. The third-order valence-corrected chi connectivity index (χ3v) is 2.09. The number of nitrogens with two attached hydrogens (primary N) is 1. The molecule has 13 heavy (non-hydrogen) atoms. The lowest BCUT2D eigenvalue weighted by Gasteiger charge is -2.29. The van der Waals surface area contributed by atoms with Gasteiger partial charge >= 0.3 is 0 Å². The summed E-state index contributed by atoms with van der Waals surface area (Å²) in [6, 6.07) is 0.318. The number of hydrogen-bond acceptors (Lipinski definition) is 4. The van der Waals surface area contributed by atoms with Crippen LogP contribution in [0.2, 0.25) is 0 Å². The zero-order valence-corrected chi connectivity index (χ0v) is 7.95. The number of likely N-dealkylation sites (N-methyl/N-ethyl adjacent to an activating group) is 1. The molecule has 0 saturated carbocycles. The van der Waals surface area contributed by atoms with Crippen LogP contribution in [-0.4, -0.2) is 43.6 Å². The van der Waals surface area contributed by atoms with Crippen LogP contribution in [0.25, 0.3) is 0 Å². The summed E-state index contributed by atoms with van der Waals surface area (Å²) in [5.74, 6) is -0.448. The molecule has 0 aliphatic carbocycles. The molecular formula is C8H17N3O2. The fraction of sp³-hybridized carbons (Fsp3) is 0.875. The van der Waals surface area contributed by atoms with E-state index in [2.05, 4.69) is 17.4 Å². The van der Waals surface area contributed by atoms with Crippen molar-refractivity contribution in [2.24, 2.45) is 5.73 Å². The van der Waals surface area contributed by atoms with Crippen molar-refractivity contribution in [3.8, 4) is 0 Å². The minimum atomic E-state index is -0.448. The Labute approximate surface area is 78.2 Å². The van der Waals surface area contributed by atoms with E-state index in [9.17, 15) is 4.79 Å². The number of rotatable bonds is 4. The van der Waals surface area contributed by atoms with Crippen molar-refractivity contribution in [1.82, 2.24) is 10.4 Å². The molecule has 0 spiro atoms. The molecule has 1 aliphatic rings. The summed E-state index contributed by atoms with van der Waals surface area (Å²) < 4.78 is 0. The lowest BCUT2D eigenvalue weighted by Crippen LogP contribution is -2.44. The topological polar surface area (TPSA) is 67.6 Å². The minimum absolute atomic E-state index is 0.0553. The highest BCUT2D eigenvalue weighted by molar-refractivity contribution is 5.74. The number of hydroxylamine groups is 1. The number of hydrogen-bond donors (Lipinski definition) is 2. The highest BCUT2D eigenvalue weighted by Gasteiger charge is 2.16. The number of likely N-dealkylation sites (tertiary alicyclic amines) is 1. The van der Waals surface area contributed by atoms with Gasteiger partial charge in [-0.05, 0) is 26.4 Å². The van der Waals surface area contributed by atoms with Gasteiger partial charge in [-0.2, -0.15) is 5.48 Å². The fourth-order valence-corrected chi connectivity index (χ4v) is 1.49. The van der Waals surface area contributed by atoms with E-state index in [4.69, 9.17) is 10.6 Å². The summed E-state index contributed by atoms with van der Waals surface area (Å²) in [7, 11) is 2.07. The smallest absolute Gasteiger partial charge is 0.245 e. The van der Waals surface area contributed by atoms with Crippen LogP contribution >= 0.6 is 0 Å². The molecule has 1 atom stereocenters. The van der Waals surface area contributed by atoms with Gasteiger partial charge in [-0.1, -0.05) is 0 Å². The molecule has 0 aromatic heterocycles. The number of nitrogens with one attached hydrogen (secondary N) is 1. The van der Waals surface area contributed by atoms with Gasteiger partial charge in [-0.15, -0.1) is 0 Å². The molecule has 5 nitrogen and oxygen atoms in total. The lowest BCUT2D eigenvalue weighted by molar-refractivity contribution is -0.126. The Morgan fingerprint density at radius 2 is 2.54 bits per heavy atom. The lowest BCUT2D eigenvalue weighted by atomic mass is 10.1. The monoisotopic (exact) mass is 187 g/mol. The minimum Gasteiger partial charge on any atom is -0.368 e. The molecule has 1 amide bonds. The number of piperidine rings is 1. The maximum absolute atomic E-state index is 10.4. The highest BCUT2D eigenvalue weighted by Crippen LogP contribution is 2.07. The average molecular weight is 187 g/mol. The average Bonchev–Trinajstić information content (AvgIpc) is 2.03. The van der Waals surface area contributed by atoms with Crippen LogP contribution in [-0.2, 0) is 9.63 Å². The zero-order valence-electron chi connectivity index (χ0n) is 7.95. The van der Waals surface area contributed by atoms with E-state index in [0.717, 1.165) is 25.9 Å². The van der Waals surface area contributed by atoms with Crippen molar-refractivity contribution < 1.29 is 9.63 Å². The second kappa shape index (κ2) is 5.16. The molecule has 3 N–H and O–H groups in total. The molecular weight excluding hydrogens is 170 g/mol. The van der Waals surface area contributed by atoms with Crippen molar-refractivity contribution in [3.63, 3.8) is 0 Å². The van der Waals surface area contributed by atoms with Crippen LogP contribution < -0.4 is 11.2 Å². The molecule has 1 rings (SSSR count). The first kappa shape index (κ1) is 10.4. The first-order chi connectivity index (χ1) is 6.18. The first-order valence-electron chi connectivity index (χ1n) is 4.52. The molecule has 0 bridgehead atoms. The van der Waals surface area contributed by atoms with Crippen LogP contribution in [0.15, 0.2) is 0 Å². The van der Waals surface area contributed by atoms with E-state index in [0.29, 0.717) is 6.04 Å². The van der Waals surface area contributed by atoms with E-state index < -0.39 is 5.91 Å². The third-order valence-electron chi connectivity index (χ3n) is 2.09. The molecule has 1 heterocycles. The second-order valence-electron chi connectivity index (χ2n) is 3.47. The van der Waals surface area contributed by atoms with Crippen LogP contribution in [0.3, 0.4) is 0 Å². The Morgan fingerprint density at radius 1 is 1.77 bits per heavy atom.